The van der Waals surface area contributed by atoms with E-state index in [4.69, 9.17) is 4.74 Å². The van der Waals surface area contributed by atoms with Crippen LogP contribution in [0.4, 0.5) is 0 Å². The Morgan fingerprint density at radius 1 is 1.33 bits per heavy atom. The van der Waals surface area contributed by atoms with Crippen molar-refractivity contribution in [3.05, 3.63) is 42.0 Å². The number of ether oxygens (including phenoxy) is 1. The van der Waals surface area contributed by atoms with E-state index < -0.39 is 0 Å². The van der Waals surface area contributed by atoms with Crippen molar-refractivity contribution in [2.75, 3.05) is 7.11 Å². The van der Waals surface area contributed by atoms with E-state index in [0.717, 1.165) is 17.6 Å². The number of hydrogen-bond acceptors (Lipinski definition) is 3. The maximum Gasteiger partial charge on any atom is 0.167 e. The van der Waals surface area contributed by atoms with Gasteiger partial charge in [-0.15, -0.1) is 0 Å². The zero-order valence-electron chi connectivity index (χ0n) is 8.38. The molecule has 0 aromatic heterocycles. The van der Waals surface area contributed by atoms with Crippen LogP contribution in [0.5, 0.6) is 5.75 Å². The molecule has 76 valence electrons. The Morgan fingerprint density at radius 3 is 2.60 bits per heavy atom. The summed E-state index contributed by atoms with van der Waals surface area (Å²) in [5.41, 5.74) is 1.56. The monoisotopic (exact) mass is 201 g/mol. The lowest BCUT2D eigenvalue weighted by Crippen LogP contribution is -1.92. The lowest BCUT2D eigenvalue weighted by atomic mass is 10.1. The number of benzene rings is 1. The number of nitrogens with zero attached hydrogens (tertiary/aromatic N) is 1. The maximum atomic E-state index is 10.5. The van der Waals surface area contributed by atoms with E-state index in [-0.39, 0.29) is 6.04 Å². The molecule has 0 saturated carbocycles. The van der Waals surface area contributed by atoms with Crippen LogP contribution in [0.25, 0.3) is 0 Å². The highest BCUT2D eigenvalue weighted by atomic mass is 16.5. The molecule has 0 amide bonds. The Kier molecular flexibility index (Phi) is 2.63. The van der Waals surface area contributed by atoms with Gasteiger partial charge in [-0.3, -0.25) is 9.79 Å². The summed E-state index contributed by atoms with van der Waals surface area (Å²) in [6.45, 7) is 0. The molecule has 0 bridgehead atoms. The van der Waals surface area contributed by atoms with Gasteiger partial charge in [0.2, 0.25) is 0 Å². The fraction of sp³-hybridized carbons (Fsp3) is 0.167. The maximum absolute atomic E-state index is 10.5. The Bertz CT molecular complexity index is 418. The third-order valence-electron chi connectivity index (χ3n) is 2.32. The number of allylic oxidation sites excluding steroid dienone is 1. The Balaban J connectivity index is 2.21. The van der Waals surface area contributed by atoms with Crippen LogP contribution in [-0.4, -0.2) is 19.1 Å². The molecular formula is C12H11NO2. The second-order valence-corrected chi connectivity index (χ2v) is 3.25. The highest BCUT2D eigenvalue weighted by Crippen LogP contribution is 2.24. The van der Waals surface area contributed by atoms with E-state index >= 15 is 0 Å². The summed E-state index contributed by atoms with van der Waals surface area (Å²) in [6, 6.07) is 7.64. The summed E-state index contributed by atoms with van der Waals surface area (Å²) in [5.74, 6) is 0.820. The minimum absolute atomic E-state index is 0.0314. The smallest absolute Gasteiger partial charge is 0.167 e. The summed E-state index contributed by atoms with van der Waals surface area (Å²) in [5, 5.41) is 0. The van der Waals surface area contributed by atoms with Crippen LogP contribution in [-0.2, 0) is 4.79 Å². The largest absolute Gasteiger partial charge is 0.497 e. The highest BCUT2D eigenvalue weighted by Gasteiger charge is 2.12. The number of hydrogen-bond donors (Lipinski definition) is 0. The first-order valence-corrected chi connectivity index (χ1v) is 4.68. The second-order valence-electron chi connectivity index (χ2n) is 3.25. The SMILES string of the molecule is COc1ccc([C@H]2C=CC(C=O)=N2)cc1. The van der Waals surface area contributed by atoms with Crippen molar-refractivity contribution in [2.24, 2.45) is 4.99 Å². The normalized spacial score (nSPS) is 18.7. The van der Waals surface area contributed by atoms with Crippen molar-refractivity contribution in [2.45, 2.75) is 6.04 Å². The average molecular weight is 201 g/mol. The van der Waals surface area contributed by atoms with Crippen LogP contribution in [0.2, 0.25) is 0 Å². The predicted octanol–water partition coefficient (Wildman–Crippen LogP) is 1.95. The van der Waals surface area contributed by atoms with Crippen LogP contribution >= 0.6 is 0 Å². The molecule has 1 heterocycles. The van der Waals surface area contributed by atoms with E-state index in [1.54, 1.807) is 13.2 Å². The molecule has 0 N–H and O–H groups in total. The number of rotatable bonds is 3. The number of aldehydes is 1. The minimum atomic E-state index is -0.0314. The second kappa shape index (κ2) is 4.09. The highest BCUT2D eigenvalue weighted by molar-refractivity contribution is 6.34. The molecule has 3 nitrogen and oxygen atoms in total. The third-order valence-corrected chi connectivity index (χ3v) is 2.32. The minimum Gasteiger partial charge on any atom is -0.497 e. The Hall–Kier alpha value is -1.90. The average Bonchev–Trinajstić information content (AvgIpc) is 2.78. The van der Waals surface area contributed by atoms with E-state index in [1.807, 2.05) is 30.3 Å². The van der Waals surface area contributed by atoms with Gasteiger partial charge in [-0.25, -0.2) is 0 Å². The van der Waals surface area contributed by atoms with Crippen molar-refractivity contribution < 1.29 is 9.53 Å². The molecular weight excluding hydrogens is 190 g/mol. The zero-order valence-corrected chi connectivity index (χ0v) is 8.38. The fourth-order valence-corrected chi connectivity index (χ4v) is 1.49. The molecule has 2 rings (SSSR count). The van der Waals surface area contributed by atoms with Gasteiger partial charge < -0.3 is 4.74 Å². The van der Waals surface area contributed by atoms with Crippen molar-refractivity contribution in [1.29, 1.82) is 0 Å². The van der Waals surface area contributed by atoms with Crippen molar-refractivity contribution >= 4 is 12.0 Å². The van der Waals surface area contributed by atoms with Crippen LogP contribution in [0, 0.1) is 0 Å². The standard InChI is InChI=1S/C12H11NO2/c1-15-11-5-2-9(3-6-11)12-7-4-10(8-14)13-12/h2-8,12H,1H3/t12-/m1/s1. The number of carbonyl (C=O) groups excluding carboxylic acids is 1. The van der Waals surface area contributed by atoms with Crippen LogP contribution in [0.1, 0.15) is 11.6 Å². The molecule has 0 spiro atoms. The fourth-order valence-electron chi connectivity index (χ4n) is 1.49. The first kappa shape index (κ1) is 9.65. The molecule has 0 saturated heterocycles. The van der Waals surface area contributed by atoms with Crippen molar-refractivity contribution in [3.8, 4) is 5.75 Å². The summed E-state index contributed by atoms with van der Waals surface area (Å²) >= 11 is 0. The van der Waals surface area contributed by atoms with Gasteiger partial charge in [0, 0.05) is 0 Å². The topological polar surface area (TPSA) is 38.7 Å². The van der Waals surface area contributed by atoms with Crippen LogP contribution < -0.4 is 4.74 Å². The molecule has 0 aliphatic carbocycles. The molecule has 1 atom stereocenters. The van der Waals surface area contributed by atoms with E-state index in [1.165, 1.54) is 0 Å². The summed E-state index contributed by atoms with van der Waals surface area (Å²) in [4.78, 5) is 14.7. The zero-order chi connectivity index (χ0) is 10.7. The molecule has 15 heavy (non-hydrogen) atoms. The van der Waals surface area contributed by atoms with Gasteiger partial charge in [-0.2, -0.15) is 0 Å². The molecule has 1 aliphatic heterocycles. The Morgan fingerprint density at radius 2 is 2.07 bits per heavy atom. The van der Waals surface area contributed by atoms with E-state index in [9.17, 15) is 4.79 Å². The van der Waals surface area contributed by atoms with Gasteiger partial charge >= 0.3 is 0 Å². The summed E-state index contributed by atoms with van der Waals surface area (Å²) in [7, 11) is 1.63. The van der Waals surface area contributed by atoms with Gasteiger partial charge in [0.25, 0.3) is 0 Å². The molecule has 0 radical (unpaired) electrons. The summed E-state index contributed by atoms with van der Waals surface area (Å²) in [6.07, 6.45) is 4.41. The van der Waals surface area contributed by atoms with Crippen LogP contribution in [0.15, 0.2) is 41.4 Å². The quantitative estimate of drug-likeness (QED) is 0.701. The Labute approximate surface area is 88.1 Å². The number of carbonyl (C=O) groups is 1. The molecule has 3 heteroatoms. The lowest BCUT2D eigenvalue weighted by Gasteiger charge is -2.06. The van der Waals surface area contributed by atoms with Gasteiger partial charge in [-0.05, 0) is 23.8 Å². The summed E-state index contributed by atoms with van der Waals surface area (Å²) < 4.78 is 5.06. The van der Waals surface area contributed by atoms with E-state index in [0.29, 0.717) is 5.71 Å². The van der Waals surface area contributed by atoms with E-state index in [2.05, 4.69) is 4.99 Å². The van der Waals surface area contributed by atoms with Crippen molar-refractivity contribution in [1.82, 2.24) is 0 Å². The van der Waals surface area contributed by atoms with Crippen molar-refractivity contribution in [3.63, 3.8) is 0 Å². The first-order valence-electron chi connectivity index (χ1n) is 4.68. The predicted molar refractivity (Wildman–Crippen MR) is 58.4 cm³/mol. The molecule has 0 fully saturated rings. The van der Waals surface area contributed by atoms with Gasteiger partial charge in [-0.1, -0.05) is 18.2 Å². The molecule has 1 aromatic rings. The van der Waals surface area contributed by atoms with Gasteiger partial charge in [0.1, 0.15) is 5.75 Å². The molecule has 0 unspecified atom stereocenters. The van der Waals surface area contributed by atoms with Crippen LogP contribution in [0.3, 0.4) is 0 Å². The van der Waals surface area contributed by atoms with Gasteiger partial charge in [0.15, 0.2) is 6.29 Å². The third kappa shape index (κ3) is 1.96. The van der Waals surface area contributed by atoms with Gasteiger partial charge in [0.05, 0.1) is 18.9 Å². The number of methoxy groups -OCH3 is 1. The molecule has 1 aromatic carbocycles. The lowest BCUT2D eigenvalue weighted by molar-refractivity contribution is -0.102. The number of aliphatic imine (C=N–C) groups is 1. The first-order chi connectivity index (χ1) is 7.33. The molecule has 1 aliphatic rings.